The molecule has 1 heterocycles. The number of piperazine rings is 1. The Kier molecular flexibility index (Phi) is 4.73. The van der Waals surface area contributed by atoms with Crippen LogP contribution in [0.5, 0.6) is 0 Å². The van der Waals surface area contributed by atoms with Crippen molar-refractivity contribution >= 4 is 23.9 Å². The number of amides is 6. The topological polar surface area (TPSA) is 151 Å². The first-order chi connectivity index (χ1) is 9.23. The highest BCUT2D eigenvalue weighted by molar-refractivity contribution is 5.79. The van der Waals surface area contributed by atoms with Crippen LogP contribution in [0.2, 0.25) is 0 Å². The number of primary amides is 2. The van der Waals surface area contributed by atoms with E-state index in [4.69, 9.17) is 11.5 Å². The van der Waals surface area contributed by atoms with E-state index in [0.29, 0.717) is 0 Å². The van der Waals surface area contributed by atoms with Crippen molar-refractivity contribution in [3.63, 3.8) is 0 Å². The van der Waals surface area contributed by atoms with E-state index in [9.17, 15) is 19.2 Å². The van der Waals surface area contributed by atoms with E-state index < -0.39 is 24.4 Å². The maximum absolute atomic E-state index is 11.6. The van der Waals surface area contributed by atoms with Crippen molar-refractivity contribution < 1.29 is 19.2 Å². The van der Waals surface area contributed by atoms with E-state index in [-0.39, 0.29) is 24.9 Å². The Morgan fingerprint density at radius 1 is 0.850 bits per heavy atom. The molecule has 0 spiro atoms. The molecule has 1 rings (SSSR count). The largest absolute Gasteiger partial charge is 0.352 e. The van der Waals surface area contributed by atoms with Gasteiger partial charge >= 0.3 is 12.1 Å². The quantitative estimate of drug-likeness (QED) is 0.450. The summed E-state index contributed by atoms with van der Waals surface area (Å²) in [5, 5.41) is 4.67. The van der Waals surface area contributed by atoms with Crippen molar-refractivity contribution in [3.8, 4) is 0 Å². The Bertz CT molecular complexity index is 399. The van der Waals surface area contributed by atoms with Crippen LogP contribution in [-0.2, 0) is 9.59 Å². The molecule has 0 aliphatic carbocycles. The molecule has 1 aliphatic heterocycles. The molecule has 0 bridgehead atoms. The minimum absolute atomic E-state index is 0.205. The number of urea groups is 2. The van der Waals surface area contributed by atoms with E-state index in [0.717, 1.165) is 0 Å². The fourth-order valence-corrected chi connectivity index (χ4v) is 2.15. The van der Waals surface area contributed by atoms with Gasteiger partial charge in [0, 0.05) is 26.9 Å². The van der Waals surface area contributed by atoms with Crippen molar-refractivity contribution in [1.29, 1.82) is 0 Å². The average Bonchev–Trinajstić information content (AvgIpc) is 2.28. The molecule has 1 aliphatic rings. The van der Waals surface area contributed by atoms with Gasteiger partial charge in [0.15, 0.2) is 0 Å². The molecule has 0 radical (unpaired) electrons. The number of rotatable bonds is 2. The molecule has 6 N–H and O–H groups in total. The SMILES string of the molecule is CC(=O)N1CCN(C(C)=O)C(NC(N)=O)C1NC(N)=O. The van der Waals surface area contributed by atoms with E-state index >= 15 is 0 Å². The normalized spacial score (nSPS) is 22.1. The lowest BCUT2D eigenvalue weighted by Crippen LogP contribution is -2.72. The molecule has 1 saturated heterocycles. The lowest BCUT2D eigenvalue weighted by Gasteiger charge is -2.46. The molecule has 0 saturated carbocycles. The maximum atomic E-state index is 11.6. The van der Waals surface area contributed by atoms with Crippen molar-refractivity contribution in [1.82, 2.24) is 20.4 Å². The summed E-state index contributed by atoms with van der Waals surface area (Å²) in [6.45, 7) is 3.02. The number of carbonyl (C=O) groups is 4. The predicted molar refractivity (Wildman–Crippen MR) is 67.8 cm³/mol. The van der Waals surface area contributed by atoms with Crippen LogP contribution in [0.4, 0.5) is 9.59 Å². The van der Waals surface area contributed by atoms with Crippen molar-refractivity contribution in [2.24, 2.45) is 11.5 Å². The Morgan fingerprint density at radius 3 is 1.35 bits per heavy atom. The van der Waals surface area contributed by atoms with Gasteiger partial charge in [0.05, 0.1) is 0 Å². The molecule has 6 amide bonds. The van der Waals surface area contributed by atoms with E-state index in [2.05, 4.69) is 10.6 Å². The Balaban J connectivity index is 3.10. The third-order valence-corrected chi connectivity index (χ3v) is 2.94. The van der Waals surface area contributed by atoms with Gasteiger partial charge in [0.25, 0.3) is 0 Å². The first-order valence-corrected chi connectivity index (χ1v) is 5.90. The Morgan fingerprint density at radius 2 is 1.15 bits per heavy atom. The van der Waals surface area contributed by atoms with Crippen LogP contribution >= 0.6 is 0 Å². The molecule has 1 fully saturated rings. The molecule has 10 nitrogen and oxygen atoms in total. The first-order valence-electron chi connectivity index (χ1n) is 5.90. The highest BCUT2D eigenvalue weighted by Gasteiger charge is 2.40. The number of nitrogens with two attached hydrogens (primary N) is 2. The number of hydrogen-bond donors (Lipinski definition) is 4. The predicted octanol–water partition coefficient (Wildman–Crippen LogP) is -2.31. The lowest BCUT2D eigenvalue weighted by atomic mass is 10.2. The monoisotopic (exact) mass is 286 g/mol. The third-order valence-electron chi connectivity index (χ3n) is 2.94. The summed E-state index contributed by atoms with van der Waals surface area (Å²) < 4.78 is 0. The number of nitrogens with one attached hydrogen (secondary N) is 2. The summed E-state index contributed by atoms with van der Waals surface area (Å²) in [5.41, 5.74) is 10.1. The molecule has 2 unspecified atom stereocenters. The van der Waals surface area contributed by atoms with E-state index in [1.807, 2.05) is 0 Å². The average molecular weight is 286 g/mol. The van der Waals surface area contributed by atoms with E-state index in [1.54, 1.807) is 0 Å². The zero-order valence-corrected chi connectivity index (χ0v) is 11.3. The van der Waals surface area contributed by atoms with Crippen LogP contribution in [-0.4, -0.2) is 59.1 Å². The highest BCUT2D eigenvalue weighted by atomic mass is 16.2. The fraction of sp³-hybridized carbons (Fsp3) is 0.600. The van der Waals surface area contributed by atoms with Crippen LogP contribution in [0.15, 0.2) is 0 Å². The number of nitrogens with zero attached hydrogens (tertiary/aromatic N) is 2. The smallest absolute Gasteiger partial charge is 0.313 e. The molecular weight excluding hydrogens is 268 g/mol. The second-order valence-corrected chi connectivity index (χ2v) is 4.33. The van der Waals surface area contributed by atoms with Crippen molar-refractivity contribution in [2.75, 3.05) is 13.1 Å². The maximum Gasteiger partial charge on any atom is 0.313 e. The van der Waals surface area contributed by atoms with Gasteiger partial charge in [-0.15, -0.1) is 0 Å². The molecule has 0 aromatic rings. The van der Waals surface area contributed by atoms with Gasteiger partial charge in [-0.25, -0.2) is 9.59 Å². The molecule has 112 valence electrons. The van der Waals surface area contributed by atoms with E-state index in [1.165, 1.54) is 23.6 Å². The minimum Gasteiger partial charge on any atom is -0.352 e. The summed E-state index contributed by atoms with van der Waals surface area (Å²) in [6.07, 6.45) is -1.95. The molecular formula is C10H18N6O4. The van der Waals surface area contributed by atoms with Crippen molar-refractivity contribution in [2.45, 2.75) is 26.2 Å². The van der Waals surface area contributed by atoms with Gasteiger partial charge in [-0.2, -0.15) is 0 Å². The van der Waals surface area contributed by atoms with Gasteiger partial charge in [-0.05, 0) is 0 Å². The van der Waals surface area contributed by atoms with Crippen LogP contribution in [0.3, 0.4) is 0 Å². The summed E-state index contributed by atoms with van der Waals surface area (Å²) in [7, 11) is 0. The second-order valence-electron chi connectivity index (χ2n) is 4.33. The van der Waals surface area contributed by atoms with Gasteiger partial charge in [-0.3, -0.25) is 9.59 Å². The molecule has 2 atom stereocenters. The van der Waals surface area contributed by atoms with Gasteiger partial charge in [0.1, 0.15) is 12.3 Å². The Labute approximate surface area is 115 Å². The highest BCUT2D eigenvalue weighted by Crippen LogP contribution is 2.14. The zero-order valence-electron chi connectivity index (χ0n) is 11.3. The first kappa shape index (κ1) is 15.5. The summed E-state index contributed by atoms with van der Waals surface area (Å²) in [5.74, 6) is -0.661. The van der Waals surface area contributed by atoms with Gasteiger partial charge in [0.2, 0.25) is 11.8 Å². The molecule has 0 aromatic carbocycles. The molecule has 10 heteroatoms. The summed E-state index contributed by atoms with van der Waals surface area (Å²) in [4.78, 5) is 47.9. The fourth-order valence-electron chi connectivity index (χ4n) is 2.15. The van der Waals surface area contributed by atoms with Crippen LogP contribution in [0, 0.1) is 0 Å². The zero-order chi connectivity index (χ0) is 15.4. The lowest BCUT2D eigenvalue weighted by molar-refractivity contribution is -0.146. The van der Waals surface area contributed by atoms with Crippen LogP contribution < -0.4 is 22.1 Å². The second kappa shape index (κ2) is 6.08. The molecule has 0 aromatic heterocycles. The van der Waals surface area contributed by atoms with Gasteiger partial charge < -0.3 is 31.9 Å². The van der Waals surface area contributed by atoms with Crippen LogP contribution in [0.1, 0.15) is 13.8 Å². The third kappa shape index (κ3) is 3.49. The van der Waals surface area contributed by atoms with Gasteiger partial charge in [-0.1, -0.05) is 0 Å². The number of carbonyl (C=O) groups excluding carboxylic acids is 4. The van der Waals surface area contributed by atoms with Crippen molar-refractivity contribution in [3.05, 3.63) is 0 Å². The summed E-state index contributed by atoms with van der Waals surface area (Å²) >= 11 is 0. The number of hydrogen-bond acceptors (Lipinski definition) is 4. The summed E-state index contributed by atoms with van der Waals surface area (Å²) in [6, 6.07) is -1.77. The van der Waals surface area contributed by atoms with Crippen LogP contribution in [0.25, 0.3) is 0 Å². The standard InChI is InChI=1S/C10H18N6O4/c1-5(17)15-3-4-16(6(2)18)8(14-10(12)20)7(15)13-9(11)19/h7-8H,3-4H2,1-2H3,(H3,11,13,19)(H3,12,14,20). The minimum atomic E-state index is -0.977. The molecule has 20 heavy (non-hydrogen) atoms. The Hall–Kier alpha value is -2.52.